The zero-order valence-electron chi connectivity index (χ0n) is 10.7. The first kappa shape index (κ1) is 15.9. The molecule has 1 aliphatic rings. The topological polar surface area (TPSA) is 81.4 Å². The minimum atomic E-state index is -3.68. The van der Waals surface area contributed by atoms with Crippen molar-refractivity contribution in [2.24, 2.45) is 0 Å². The van der Waals surface area contributed by atoms with Crippen LogP contribution in [0.25, 0.3) is 0 Å². The van der Waals surface area contributed by atoms with E-state index in [4.69, 9.17) is 33.7 Å². The molecule has 0 aliphatic carbocycles. The zero-order valence-corrected chi connectivity index (χ0v) is 13.1. The van der Waals surface area contributed by atoms with Crippen LogP contribution in [0.5, 0.6) is 0 Å². The number of benzene rings is 1. The highest BCUT2D eigenvalue weighted by atomic mass is 35.5. The van der Waals surface area contributed by atoms with Crippen LogP contribution in [0.2, 0.25) is 10.0 Å². The number of nitrogens with two attached hydrogens (primary N) is 1. The van der Waals surface area contributed by atoms with Gasteiger partial charge in [-0.3, -0.25) is 0 Å². The van der Waals surface area contributed by atoms with Gasteiger partial charge in [0.2, 0.25) is 10.0 Å². The van der Waals surface area contributed by atoms with Crippen LogP contribution >= 0.6 is 23.2 Å². The number of hydrogen-bond acceptors (Lipinski definition) is 4. The second-order valence-electron chi connectivity index (χ2n) is 4.64. The molecule has 8 heteroatoms. The molecule has 2 rings (SSSR count). The summed E-state index contributed by atoms with van der Waals surface area (Å²) in [5, 5.41) is 0.235. The van der Waals surface area contributed by atoms with E-state index in [9.17, 15) is 8.42 Å². The summed E-state index contributed by atoms with van der Waals surface area (Å²) in [5.74, 6) is 0. The number of nitrogen functional groups attached to an aromatic ring is 1. The molecular weight excluding hydrogens is 323 g/mol. The lowest BCUT2D eigenvalue weighted by molar-refractivity contribution is 0.0200. The highest BCUT2D eigenvalue weighted by molar-refractivity contribution is 7.89. The zero-order chi connectivity index (χ0) is 14.8. The van der Waals surface area contributed by atoms with Crippen molar-refractivity contribution in [2.75, 3.05) is 18.9 Å². The average molecular weight is 339 g/mol. The molecule has 1 aromatic rings. The van der Waals surface area contributed by atoms with Crippen molar-refractivity contribution in [2.45, 2.75) is 30.3 Å². The van der Waals surface area contributed by atoms with Gasteiger partial charge in [0.15, 0.2) is 0 Å². The lowest BCUT2D eigenvalue weighted by Gasteiger charge is -2.22. The molecule has 20 heavy (non-hydrogen) atoms. The lowest BCUT2D eigenvalue weighted by Crippen LogP contribution is -2.35. The molecule has 5 nitrogen and oxygen atoms in total. The Morgan fingerprint density at radius 1 is 1.30 bits per heavy atom. The number of nitrogens with one attached hydrogen (secondary N) is 1. The van der Waals surface area contributed by atoms with Crippen molar-refractivity contribution < 1.29 is 13.2 Å². The maximum absolute atomic E-state index is 12.2. The van der Waals surface area contributed by atoms with Crippen LogP contribution in [-0.4, -0.2) is 27.7 Å². The average Bonchev–Trinajstić information content (AvgIpc) is 2.43. The fraction of sp³-hybridized carbons (Fsp3) is 0.500. The van der Waals surface area contributed by atoms with Gasteiger partial charge in [0.25, 0.3) is 0 Å². The summed E-state index contributed by atoms with van der Waals surface area (Å²) in [6, 6.07) is 2.57. The molecule has 1 fully saturated rings. The van der Waals surface area contributed by atoms with Crippen LogP contribution in [0, 0.1) is 0 Å². The van der Waals surface area contributed by atoms with E-state index in [-0.39, 0.29) is 33.3 Å². The normalized spacial score (nSPS) is 20.0. The van der Waals surface area contributed by atoms with Crippen molar-refractivity contribution in [3.63, 3.8) is 0 Å². The third kappa shape index (κ3) is 3.77. The summed E-state index contributed by atoms with van der Waals surface area (Å²) >= 11 is 11.7. The molecule has 0 aromatic heterocycles. The summed E-state index contributed by atoms with van der Waals surface area (Å²) in [6.45, 7) is 0.911. The molecule has 0 spiro atoms. The Kier molecular flexibility index (Phi) is 5.14. The molecule has 1 heterocycles. The van der Waals surface area contributed by atoms with Crippen molar-refractivity contribution in [3.8, 4) is 0 Å². The van der Waals surface area contributed by atoms with Gasteiger partial charge in [-0.05, 0) is 31.4 Å². The highest BCUT2D eigenvalue weighted by Gasteiger charge is 2.20. The van der Waals surface area contributed by atoms with E-state index < -0.39 is 10.0 Å². The molecule has 1 saturated heterocycles. The van der Waals surface area contributed by atoms with Crippen molar-refractivity contribution in [3.05, 3.63) is 22.2 Å². The molecule has 3 N–H and O–H groups in total. The van der Waals surface area contributed by atoms with Gasteiger partial charge in [-0.2, -0.15) is 0 Å². The van der Waals surface area contributed by atoms with Gasteiger partial charge in [-0.25, -0.2) is 13.1 Å². The molecular formula is C12H16Cl2N2O3S. The predicted octanol–water partition coefficient (Wildman–Crippen LogP) is 2.42. The number of halogens is 2. The molecule has 0 saturated carbocycles. The summed E-state index contributed by atoms with van der Waals surface area (Å²) in [4.78, 5) is -0.00231. The Hall–Kier alpha value is -0.530. The van der Waals surface area contributed by atoms with Crippen LogP contribution in [0.4, 0.5) is 5.69 Å². The molecule has 1 atom stereocenters. The van der Waals surface area contributed by atoms with E-state index >= 15 is 0 Å². The van der Waals surface area contributed by atoms with Crippen molar-refractivity contribution in [1.29, 1.82) is 0 Å². The van der Waals surface area contributed by atoms with Crippen molar-refractivity contribution in [1.82, 2.24) is 4.72 Å². The third-order valence-electron chi connectivity index (χ3n) is 3.14. The standard InChI is InChI=1S/C12H16Cl2N2O3S/c13-10-5-9(6-11(14)12(10)15)20(17,18)16-7-8-3-1-2-4-19-8/h5-6,8,16H,1-4,7,15H2/t8-/m1/s1. The first-order valence-electron chi connectivity index (χ1n) is 6.26. The maximum atomic E-state index is 12.2. The van der Waals surface area contributed by atoms with Gasteiger partial charge in [0.05, 0.1) is 26.7 Å². The van der Waals surface area contributed by atoms with E-state index in [2.05, 4.69) is 4.72 Å². The monoisotopic (exact) mass is 338 g/mol. The number of hydrogen-bond donors (Lipinski definition) is 2. The van der Waals surface area contributed by atoms with E-state index in [1.54, 1.807) is 0 Å². The largest absolute Gasteiger partial charge is 0.396 e. The summed E-state index contributed by atoms with van der Waals surface area (Å²) in [6.07, 6.45) is 2.84. The van der Waals surface area contributed by atoms with Gasteiger partial charge >= 0.3 is 0 Å². The van der Waals surface area contributed by atoms with Gasteiger partial charge in [0, 0.05) is 13.2 Å². The Bertz CT molecular complexity index is 563. The van der Waals surface area contributed by atoms with Gasteiger partial charge in [-0.15, -0.1) is 0 Å². The smallest absolute Gasteiger partial charge is 0.240 e. The lowest BCUT2D eigenvalue weighted by atomic mass is 10.1. The molecule has 0 radical (unpaired) electrons. The Labute approximate surface area is 128 Å². The van der Waals surface area contributed by atoms with E-state index in [0.717, 1.165) is 19.3 Å². The minimum Gasteiger partial charge on any atom is -0.396 e. The number of sulfonamides is 1. The van der Waals surface area contributed by atoms with E-state index in [0.29, 0.717) is 6.61 Å². The number of rotatable bonds is 4. The molecule has 1 aliphatic heterocycles. The summed E-state index contributed by atoms with van der Waals surface area (Å²) < 4.78 is 32.3. The fourth-order valence-electron chi connectivity index (χ4n) is 1.97. The minimum absolute atomic E-state index is 0.00231. The van der Waals surface area contributed by atoms with Gasteiger partial charge in [-0.1, -0.05) is 23.2 Å². The van der Waals surface area contributed by atoms with Crippen molar-refractivity contribution >= 4 is 38.9 Å². The van der Waals surface area contributed by atoms with Crippen LogP contribution in [-0.2, 0) is 14.8 Å². The second-order valence-corrected chi connectivity index (χ2v) is 7.22. The van der Waals surface area contributed by atoms with E-state index in [1.165, 1.54) is 12.1 Å². The predicted molar refractivity (Wildman–Crippen MR) is 79.7 cm³/mol. The second kappa shape index (κ2) is 6.49. The van der Waals surface area contributed by atoms with Gasteiger partial charge in [0.1, 0.15) is 0 Å². The first-order chi connectivity index (χ1) is 9.40. The highest BCUT2D eigenvalue weighted by Crippen LogP contribution is 2.30. The Morgan fingerprint density at radius 3 is 2.50 bits per heavy atom. The first-order valence-corrected chi connectivity index (χ1v) is 8.50. The SMILES string of the molecule is Nc1c(Cl)cc(S(=O)(=O)NC[C@H]2CCCCO2)cc1Cl. The van der Waals surface area contributed by atoms with Crippen LogP contribution < -0.4 is 10.5 Å². The van der Waals surface area contributed by atoms with Gasteiger partial charge < -0.3 is 10.5 Å². The molecule has 112 valence electrons. The molecule has 0 unspecified atom stereocenters. The third-order valence-corrected chi connectivity index (χ3v) is 5.17. The Balaban J connectivity index is 2.10. The fourth-order valence-corrected chi connectivity index (χ4v) is 3.71. The maximum Gasteiger partial charge on any atom is 0.240 e. The molecule has 0 bridgehead atoms. The summed E-state index contributed by atoms with van der Waals surface area (Å²) in [7, 11) is -3.68. The Morgan fingerprint density at radius 2 is 1.95 bits per heavy atom. The van der Waals surface area contributed by atoms with Crippen LogP contribution in [0.3, 0.4) is 0 Å². The molecule has 1 aromatic carbocycles. The van der Waals surface area contributed by atoms with E-state index in [1.807, 2.05) is 0 Å². The summed E-state index contributed by atoms with van der Waals surface area (Å²) in [5.41, 5.74) is 5.76. The number of ether oxygens (including phenoxy) is 1. The van der Waals surface area contributed by atoms with Crippen LogP contribution in [0.15, 0.2) is 17.0 Å². The molecule has 0 amide bonds. The number of anilines is 1. The van der Waals surface area contributed by atoms with Crippen LogP contribution in [0.1, 0.15) is 19.3 Å². The quantitative estimate of drug-likeness (QED) is 0.826.